The first kappa shape index (κ1) is 21.6. The van der Waals surface area contributed by atoms with Gasteiger partial charge in [0.25, 0.3) is 17.1 Å². The highest BCUT2D eigenvalue weighted by Crippen LogP contribution is 2.32. The fourth-order valence-electron chi connectivity index (χ4n) is 2.70. The third-order valence-corrected chi connectivity index (χ3v) is 5.25. The fourth-order valence-corrected chi connectivity index (χ4v) is 3.57. The minimum atomic E-state index is -4.48. The van der Waals surface area contributed by atoms with E-state index in [4.69, 9.17) is 0 Å². The van der Waals surface area contributed by atoms with Crippen LogP contribution in [-0.2, 0) is 11.0 Å². The van der Waals surface area contributed by atoms with Gasteiger partial charge >= 0.3 is 6.18 Å². The second kappa shape index (κ2) is 8.74. The summed E-state index contributed by atoms with van der Waals surface area (Å²) in [6, 6.07) is 11.3. The van der Waals surface area contributed by atoms with Crippen molar-refractivity contribution in [1.29, 1.82) is 0 Å². The molecule has 0 aliphatic carbocycles. The van der Waals surface area contributed by atoms with Crippen molar-refractivity contribution < 1.29 is 27.6 Å². The number of rotatable bonds is 5. The summed E-state index contributed by atoms with van der Waals surface area (Å²) < 4.78 is 37.7. The van der Waals surface area contributed by atoms with Crippen molar-refractivity contribution in [3.8, 4) is 0 Å². The number of imide groups is 1. The molecule has 0 radical (unpaired) electrons. The van der Waals surface area contributed by atoms with Gasteiger partial charge in [-0.3, -0.25) is 19.3 Å². The van der Waals surface area contributed by atoms with Crippen LogP contribution in [0, 0.1) is 6.92 Å². The average molecular weight is 434 g/mol. The molecule has 1 aliphatic heterocycles. The van der Waals surface area contributed by atoms with Gasteiger partial charge in [-0.25, -0.2) is 0 Å². The molecular formula is C21H17F3N2O3S. The molecule has 9 heteroatoms. The van der Waals surface area contributed by atoms with Crippen molar-refractivity contribution in [2.45, 2.75) is 13.1 Å². The fraction of sp³-hybridized carbons (Fsp3) is 0.190. The molecule has 3 amide bonds. The zero-order valence-corrected chi connectivity index (χ0v) is 16.6. The topological polar surface area (TPSA) is 66.5 Å². The molecule has 0 aromatic heterocycles. The standard InChI is InChI=1S/C21H17F3N2O3S/c1-13-2-4-14(5-3-13)12-17-19(28)26(20(29)30-17)11-10-25-18(27)15-6-8-16(9-7-15)21(22,23)24/h2-9,12H,10-11H2,1H3,(H,25,27). The minimum Gasteiger partial charge on any atom is -0.350 e. The molecule has 5 nitrogen and oxygen atoms in total. The van der Waals surface area contributed by atoms with E-state index in [2.05, 4.69) is 5.32 Å². The van der Waals surface area contributed by atoms with Crippen molar-refractivity contribution in [3.63, 3.8) is 0 Å². The number of hydrogen-bond donors (Lipinski definition) is 1. The molecule has 1 aliphatic rings. The van der Waals surface area contributed by atoms with E-state index in [0.717, 1.165) is 52.1 Å². The minimum absolute atomic E-state index is 0.0181. The Bertz CT molecular complexity index is 1000. The SMILES string of the molecule is Cc1ccc(C=C2SC(=O)N(CCNC(=O)c3ccc(C(F)(F)F)cc3)C2=O)cc1. The summed E-state index contributed by atoms with van der Waals surface area (Å²) in [5, 5.41) is 2.06. The Hall–Kier alpha value is -3.07. The first-order valence-electron chi connectivity index (χ1n) is 8.92. The predicted octanol–water partition coefficient (Wildman–Crippen LogP) is 4.48. The second-order valence-corrected chi connectivity index (χ2v) is 7.57. The molecule has 0 unspecified atom stereocenters. The van der Waals surface area contributed by atoms with Crippen LogP contribution in [0.1, 0.15) is 27.0 Å². The molecule has 1 saturated heterocycles. The molecule has 1 fully saturated rings. The van der Waals surface area contributed by atoms with Gasteiger partial charge in [0, 0.05) is 18.7 Å². The molecule has 0 atom stereocenters. The maximum Gasteiger partial charge on any atom is 0.416 e. The van der Waals surface area contributed by atoms with Gasteiger partial charge in [-0.15, -0.1) is 0 Å². The highest BCUT2D eigenvalue weighted by Gasteiger charge is 2.34. The number of thioether (sulfide) groups is 1. The van der Waals surface area contributed by atoms with Crippen LogP contribution in [0.2, 0.25) is 0 Å². The number of nitrogens with zero attached hydrogens (tertiary/aromatic N) is 1. The van der Waals surface area contributed by atoms with Crippen LogP contribution in [0.4, 0.5) is 18.0 Å². The number of hydrogen-bond acceptors (Lipinski definition) is 4. The Balaban J connectivity index is 1.56. The van der Waals surface area contributed by atoms with Gasteiger partial charge in [-0.2, -0.15) is 13.2 Å². The zero-order valence-electron chi connectivity index (χ0n) is 15.8. The van der Waals surface area contributed by atoms with Crippen molar-refractivity contribution in [2.24, 2.45) is 0 Å². The van der Waals surface area contributed by atoms with E-state index >= 15 is 0 Å². The maximum atomic E-state index is 12.6. The highest BCUT2D eigenvalue weighted by atomic mass is 32.2. The molecule has 2 aromatic rings. The lowest BCUT2D eigenvalue weighted by molar-refractivity contribution is -0.137. The molecule has 3 rings (SSSR count). The number of nitrogens with one attached hydrogen (secondary N) is 1. The first-order valence-corrected chi connectivity index (χ1v) is 9.74. The average Bonchev–Trinajstić information content (AvgIpc) is 2.96. The third kappa shape index (κ3) is 5.10. The molecule has 0 saturated carbocycles. The van der Waals surface area contributed by atoms with E-state index in [-0.39, 0.29) is 23.6 Å². The smallest absolute Gasteiger partial charge is 0.350 e. The Morgan fingerprint density at radius 1 is 1.07 bits per heavy atom. The van der Waals surface area contributed by atoms with Gasteiger partial charge in [-0.1, -0.05) is 29.8 Å². The van der Waals surface area contributed by atoms with E-state index in [1.54, 1.807) is 6.08 Å². The molecule has 0 spiro atoms. The normalized spacial score (nSPS) is 15.7. The van der Waals surface area contributed by atoms with E-state index in [9.17, 15) is 27.6 Å². The largest absolute Gasteiger partial charge is 0.416 e. The number of halogens is 3. The number of carbonyl (C=O) groups is 3. The Kier molecular flexibility index (Phi) is 6.31. The molecule has 30 heavy (non-hydrogen) atoms. The van der Waals surface area contributed by atoms with Crippen LogP contribution in [0.5, 0.6) is 0 Å². The van der Waals surface area contributed by atoms with Gasteiger partial charge in [0.2, 0.25) is 0 Å². The van der Waals surface area contributed by atoms with Crippen LogP contribution >= 0.6 is 11.8 Å². The van der Waals surface area contributed by atoms with E-state index in [0.29, 0.717) is 0 Å². The van der Waals surface area contributed by atoms with Crippen LogP contribution < -0.4 is 5.32 Å². The first-order chi connectivity index (χ1) is 14.1. The number of alkyl halides is 3. The summed E-state index contributed by atoms with van der Waals surface area (Å²) in [5.74, 6) is -1.04. The number of carbonyl (C=O) groups excluding carboxylic acids is 3. The van der Waals surface area contributed by atoms with Crippen molar-refractivity contribution in [2.75, 3.05) is 13.1 Å². The van der Waals surface area contributed by atoms with Crippen molar-refractivity contribution in [3.05, 3.63) is 75.7 Å². The van der Waals surface area contributed by atoms with Crippen molar-refractivity contribution in [1.82, 2.24) is 10.2 Å². The lowest BCUT2D eigenvalue weighted by atomic mass is 10.1. The summed E-state index contributed by atoms with van der Waals surface area (Å²) in [7, 11) is 0. The molecule has 156 valence electrons. The Morgan fingerprint density at radius 3 is 2.30 bits per heavy atom. The molecular weight excluding hydrogens is 417 g/mol. The van der Waals surface area contributed by atoms with Gasteiger partial charge in [0.05, 0.1) is 10.5 Å². The van der Waals surface area contributed by atoms with Crippen LogP contribution in [0.15, 0.2) is 53.4 Å². The maximum absolute atomic E-state index is 12.6. The summed E-state index contributed by atoms with van der Waals surface area (Å²) in [5.41, 5.74) is 1.07. The molecule has 2 aromatic carbocycles. The number of aryl methyl sites for hydroxylation is 1. The Labute approximate surface area is 174 Å². The lowest BCUT2D eigenvalue weighted by Gasteiger charge is -2.13. The summed E-state index contributed by atoms with van der Waals surface area (Å²) in [6.07, 6.45) is -2.85. The van der Waals surface area contributed by atoms with Gasteiger partial charge in [0.1, 0.15) is 0 Å². The van der Waals surface area contributed by atoms with Crippen molar-refractivity contribution >= 4 is 34.9 Å². The molecule has 0 bridgehead atoms. The van der Waals surface area contributed by atoms with Gasteiger partial charge in [-0.05, 0) is 54.6 Å². The second-order valence-electron chi connectivity index (χ2n) is 6.58. The molecule has 1 N–H and O–H groups in total. The summed E-state index contributed by atoms with van der Waals surface area (Å²) >= 11 is 0.819. The quantitative estimate of drug-likeness (QED) is 0.705. The number of benzene rings is 2. The van der Waals surface area contributed by atoms with Gasteiger partial charge < -0.3 is 5.32 Å². The van der Waals surface area contributed by atoms with E-state index in [1.807, 2.05) is 31.2 Å². The highest BCUT2D eigenvalue weighted by molar-refractivity contribution is 8.18. The van der Waals surface area contributed by atoms with Crippen LogP contribution in [0.3, 0.4) is 0 Å². The van der Waals surface area contributed by atoms with E-state index < -0.39 is 28.8 Å². The monoisotopic (exact) mass is 434 g/mol. The summed E-state index contributed by atoms with van der Waals surface area (Å²) in [6.45, 7) is 1.88. The van der Waals surface area contributed by atoms with Gasteiger partial charge in [0.15, 0.2) is 0 Å². The van der Waals surface area contributed by atoms with Crippen LogP contribution in [0.25, 0.3) is 6.08 Å². The zero-order chi connectivity index (χ0) is 21.9. The van der Waals surface area contributed by atoms with Crippen LogP contribution in [-0.4, -0.2) is 35.0 Å². The lowest BCUT2D eigenvalue weighted by Crippen LogP contribution is -2.37. The Morgan fingerprint density at radius 2 is 1.70 bits per heavy atom. The predicted molar refractivity (Wildman–Crippen MR) is 108 cm³/mol. The summed E-state index contributed by atoms with van der Waals surface area (Å²) in [4.78, 5) is 38.0. The molecule has 1 heterocycles. The number of amides is 3. The van der Waals surface area contributed by atoms with E-state index in [1.165, 1.54) is 0 Å². The third-order valence-electron chi connectivity index (χ3n) is 4.34.